The van der Waals surface area contributed by atoms with E-state index in [1.807, 2.05) is 0 Å². The van der Waals surface area contributed by atoms with Gasteiger partial charge in [-0.3, -0.25) is 9.59 Å². The van der Waals surface area contributed by atoms with Crippen LogP contribution >= 0.6 is 0 Å². The zero-order valence-corrected chi connectivity index (χ0v) is 14.5. The van der Waals surface area contributed by atoms with E-state index in [0.717, 1.165) is 12.8 Å². The highest BCUT2D eigenvalue weighted by Crippen LogP contribution is 2.14. The topological polar surface area (TPSA) is 69.7 Å². The van der Waals surface area contributed by atoms with Gasteiger partial charge >= 0.3 is 5.97 Å². The number of carbonyl (C=O) groups excluding carboxylic acids is 3. The molecule has 1 aromatic carbocycles. The SMILES string of the molecule is CCCCCCCOc1ccc(C(=O)CC(=O)C(=O)OCC)cc1. The molecule has 132 valence electrons. The molecule has 1 aromatic rings. The predicted molar refractivity (Wildman–Crippen MR) is 91.3 cm³/mol. The molecular weight excluding hydrogens is 308 g/mol. The summed E-state index contributed by atoms with van der Waals surface area (Å²) in [7, 11) is 0. The number of unbranched alkanes of at least 4 members (excludes halogenated alkanes) is 4. The van der Waals surface area contributed by atoms with Crippen molar-refractivity contribution < 1.29 is 23.9 Å². The van der Waals surface area contributed by atoms with Crippen LogP contribution in [0, 0.1) is 0 Å². The normalized spacial score (nSPS) is 10.2. The van der Waals surface area contributed by atoms with Crippen molar-refractivity contribution in [2.45, 2.75) is 52.4 Å². The fraction of sp³-hybridized carbons (Fsp3) is 0.526. The van der Waals surface area contributed by atoms with Crippen LogP contribution in [0.4, 0.5) is 0 Å². The molecule has 0 bridgehead atoms. The lowest BCUT2D eigenvalue weighted by Gasteiger charge is -2.07. The van der Waals surface area contributed by atoms with Crippen molar-refractivity contribution >= 4 is 17.5 Å². The molecule has 0 radical (unpaired) electrons. The summed E-state index contributed by atoms with van der Waals surface area (Å²) in [6.45, 7) is 4.55. The average Bonchev–Trinajstić information content (AvgIpc) is 2.58. The van der Waals surface area contributed by atoms with Gasteiger partial charge in [0.2, 0.25) is 5.78 Å². The minimum absolute atomic E-state index is 0.114. The molecule has 0 aliphatic carbocycles. The molecule has 0 unspecified atom stereocenters. The molecule has 0 N–H and O–H groups in total. The van der Waals surface area contributed by atoms with Crippen LogP contribution in [-0.2, 0) is 14.3 Å². The Balaban J connectivity index is 2.39. The van der Waals surface area contributed by atoms with E-state index < -0.39 is 24.0 Å². The molecule has 0 amide bonds. The molecular formula is C19H26O5. The molecule has 0 aliphatic rings. The van der Waals surface area contributed by atoms with Crippen molar-refractivity contribution in [3.05, 3.63) is 29.8 Å². The van der Waals surface area contributed by atoms with Crippen LogP contribution in [0.2, 0.25) is 0 Å². The van der Waals surface area contributed by atoms with Gasteiger partial charge in [0.1, 0.15) is 5.75 Å². The van der Waals surface area contributed by atoms with E-state index in [4.69, 9.17) is 4.74 Å². The molecule has 0 heterocycles. The highest BCUT2D eigenvalue weighted by molar-refractivity contribution is 6.38. The quantitative estimate of drug-likeness (QED) is 0.191. The van der Waals surface area contributed by atoms with E-state index in [1.54, 1.807) is 31.2 Å². The molecule has 1 rings (SSSR count). The van der Waals surface area contributed by atoms with E-state index >= 15 is 0 Å². The molecule has 5 heteroatoms. The highest BCUT2D eigenvalue weighted by atomic mass is 16.5. The van der Waals surface area contributed by atoms with Crippen LogP contribution in [0.15, 0.2) is 24.3 Å². The van der Waals surface area contributed by atoms with Crippen molar-refractivity contribution in [2.75, 3.05) is 13.2 Å². The second kappa shape index (κ2) is 11.4. The van der Waals surface area contributed by atoms with Gasteiger partial charge in [0.15, 0.2) is 5.78 Å². The van der Waals surface area contributed by atoms with Crippen LogP contribution in [0.3, 0.4) is 0 Å². The van der Waals surface area contributed by atoms with E-state index in [-0.39, 0.29) is 6.61 Å². The number of Topliss-reactive ketones (excluding diaryl/α,β-unsaturated/α-hetero) is 2. The first-order chi connectivity index (χ1) is 11.6. The van der Waals surface area contributed by atoms with E-state index in [2.05, 4.69) is 11.7 Å². The Labute approximate surface area is 143 Å². The van der Waals surface area contributed by atoms with Crippen LogP contribution in [-0.4, -0.2) is 30.7 Å². The van der Waals surface area contributed by atoms with Crippen molar-refractivity contribution in [1.29, 1.82) is 0 Å². The van der Waals surface area contributed by atoms with Crippen LogP contribution < -0.4 is 4.74 Å². The van der Waals surface area contributed by atoms with E-state index in [1.165, 1.54) is 19.3 Å². The smallest absolute Gasteiger partial charge is 0.375 e. The summed E-state index contributed by atoms with van der Waals surface area (Å²) in [5.74, 6) is -1.50. The maximum Gasteiger partial charge on any atom is 0.375 e. The minimum atomic E-state index is -0.964. The summed E-state index contributed by atoms with van der Waals surface area (Å²) in [5.41, 5.74) is 0.378. The van der Waals surface area contributed by atoms with Gasteiger partial charge in [0.25, 0.3) is 0 Å². The Morgan fingerprint density at radius 2 is 1.58 bits per heavy atom. The van der Waals surface area contributed by atoms with Gasteiger partial charge in [-0.05, 0) is 37.6 Å². The summed E-state index contributed by atoms with van der Waals surface area (Å²) < 4.78 is 10.2. The maximum absolute atomic E-state index is 12.0. The summed E-state index contributed by atoms with van der Waals surface area (Å²) in [4.78, 5) is 34.7. The fourth-order valence-corrected chi connectivity index (χ4v) is 2.16. The summed E-state index contributed by atoms with van der Waals surface area (Å²) in [6.07, 6.45) is 5.38. The summed E-state index contributed by atoms with van der Waals surface area (Å²) in [6, 6.07) is 6.61. The highest BCUT2D eigenvalue weighted by Gasteiger charge is 2.19. The zero-order valence-electron chi connectivity index (χ0n) is 14.5. The third-order valence-electron chi connectivity index (χ3n) is 3.52. The van der Waals surface area contributed by atoms with Gasteiger partial charge in [-0.15, -0.1) is 0 Å². The maximum atomic E-state index is 12.0. The van der Waals surface area contributed by atoms with Crippen molar-refractivity contribution in [3.63, 3.8) is 0 Å². The lowest BCUT2D eigenvalue weighted by atomic mass is 10.1. The number of esters is 1. The van der Waals surface area contributed by atoms with E-state index in [0.29, 0.717) is 17.9 Å². The third kappa shape index (κ3) is 7.40. The first-order valence-electron chi connectivity index (χ1n) is 8.54. The van der Waals surface area contributed by atoms with Gasteiger partial charge in [-0.25, -0.2) is 4.79 Å². The standard InChI is InChI=1S/C19H26O5/c1-3-5-6-7-8-13-24-16-11-9-15(10-12-16)17(20)14-18(21)19(22)23-4-2/h9-12H,3-8,13-14H2,1-2H3. The first-order valence-corrected chi connectivity index (χ1v) is 8.54. The number of rotatable bonds is 12. The van der Waals surface area contributed by atoms with Gasteiger partial charge in [-0.2, -0.15) is 0 Å². The number of hydrogen-bond donors (Lipinski definition) is 0. The molecule has 0 fully saturated rings. The number of carbonyl (C=O) groups is 3. The predicted octanol–water partition coefficient (Wildman–Crippen LogP) is 3.74. The lowest BCUT2D eigenvalue weighted by Crippen LogP contribution is -2.20. The lowest BCUT2D eigenvalue weighted by molar-refractivity contribution is -0.153. The monoisotopic (exact) mass is 334 g/mol. The average molecular weight is 334 g/mol. The van der Waals surface area contributed by atoms with E-state index in [9.17, 15) is 14.4 Å². The minimum Gasteiger partial charge on any atom is -0.494 e. The second-order valence-corrected chi connectivity index (χ2v) is 5.53. The van der Waals surface area contributed by atoms with Gasteiger partial charge < -0.3 is 9.47 Å². The Bertz CT molecular complexity index is 533. The van der Waals surface area contributed by atoms with Crippen molar-refractivity contribution in [1.82, 2.24) is 0 Å². The third-order valence-corrected chi connectivity index (χ3v) is 3.52. The molecule has 0 spiro atoms. The number of benzene rings is 1. The Kier molecular flexibility index (Phi) is 9.42. The Morgan fingerprint density at radius 3 is 2.21 bits per heavy atom. The summed E-state index contributed by atoms with van der Waals surface area (Å²) in [5, 5.41) is 0. The van der Waals surface area contributed by atoms with Crippen LogP contribution in [0.25, 0.3) is 0 Å². The van der Waals surface area contributed by atoms with Crippen LogP contribution in [0.5, 0.6) is 5.75 Å². The molecule has 0 aromatic heterocycles. The molecule has 0 atom stereocenters. The zero-order chi connectivity index (χ0) is 17.8. The van der Waals surface area contributed by atoms with Crippen LogP contribution in [0.1, 0.15) is 62.7 Å². The Hall–Kier alpha value is -2.17. The molecule has 0 saturated heterocycles. The van der Waals surface area contributed by atoms with Gasteiger partial charge in [0.05, 0.1) is 19.6 Å². The second-order valence-electron chi connectivity index (χ2n) is 5.53. The number of hydrogen-bond acceptors (Lipinski definition) is 5. The van der Waals surface area contributed by atoms with Crippen molar-refractivity contribution in [2.24, 2.45) is 0 Å². The number of ketones is 2. The van der Waals surface area contributed by atoms with Crippen molar-refractivity contribution in [3.8, 4) is 5.75 Å². The fourth-order valence-electron chi connectivity index (χ4n) is 2.16. The molecule has 0 saturated carbocycles. The largest absolute Gasteiger partial charge is 0.494 e. The Morgan fingerprint density at radius 1 is 0.917 bits per heavy atom. The first kappa shape index (κ1) is 19.9. The van der Waals surface area contributed by atoms with Gasteiger partial charge in [0, 0.05) is 5.56 Å². The summed E-state index contributed by atoms with van der Waals surface area (Å²) >= 11 is 0. The molecule has 5 nitrogen and oxygen atoms in total. The van der Waals surface area contributed by atoms with Gasteiger partial charge in [-0.1, -0.05) is 32.6 Å². The molecule has 24 heavy (non-hydrogen) atoms. The number of ether oxygens (including phenoxy) is 2. The molecule has 0 aliphatic heterocycles.